The highest BCUT2D eigenvalue weighted by Crippen LogP contribution is 2.24. The smallest absolute Gasteiger partial charge is 0.241 e. The van der Waals surface area contributed by atoms with Gasteiger partial charge in [-0.3, -0.25) is 10.1 Å². The summed E-state index contributed by atoms with van der Waals surface area (Å²) in [4.78, 5) is 11.7. The Balaban J connectivity index is 2.29. The molecule has 1 heterocycles. The fourth-order valence-electron chi connectivity index (χ4n) is 1.72. The summed E-state index contributed by atoms with van der Waals surface area (Å²) < 4.78 is 0.965. The van der Waals surface area contributed by atoms with Gasteiger partial charge in [0.2, 0.25) is 5.91 Å². The molecule has 0 saturated carbocycles. The van der Waals surface area contributed by atoms with Crippen LogP contribution in [0.15, 0.2) is 28.7 Å². The van der Waals surface area contributed by atoms with Crippen molar-refractivity contribution in [3.63, 3.8) is 0 Å². The molecule has 80 valence electrons. The molecular weight excluding hydrogens is 256 g/mol. The van der Waals surface area contributed by atoms with E-state index in [2.05, 4.69) is 33.5 Å². The van der Waals surface area contributed by atoms with E-state index in [0.29, 0.717) is 12.6 Å². The molecule has 1 amide bonds. The van der Waals surface area contributed by atoms with Crippen LogP contribution < -0.4 is 10.6 Å². The number of carbonyl (C=O) groups is 1. The lowest BCUT2D eigenvalue weighted by Crippen LogP contribution is -2.52. The van der Waals surface area contributed by atoms with E-state index in [1.54, 1.807) is 0 Å². The van der Waals surface area contributed by atoms with Crippen LogP contribution in [0.25, 0.3) is 0 Å². The van der Waals surface area contributed by atoms with Crippen molar-refractivity contribution in [1.82, 2.24) is 10.6 Å². The van der Waals surface area contributed by atoms with Gasteiger partial charge in [-0.25, -0.2) is 0 Å². The second-order valence-electron chi connectivity index (χ2n) is 3.77. The third kappa shape index (κ3) is 2.21. The molecule has 2 atom stereocenters. The quantitative estimate of drug-likeness (QED) is 0.813. The van der Waals surface area contributed by atoms with Crippen LogP contribution in [0.4, 0.5) is 0 Å². The average Bonchev–Trinajstić information content (AvgIpc) is 2.23. The Morgan fingerprint density at radius 1 is 1.40 bits per heavy atom. The molecule has 0 spiro atoms. The molecule has 1 aliphatic heterocycles. The first-order chi connectivity index (χ1) is 7.18. The van der Waals surface area contributed by atoms with Gasteiger partial charge in [-0.15, -0.1) is 0 Å². The lowest BCUT2D eigenvalue weighted by molar-refractivity contribution is -0.125. The Labute approximate surface area is 97.4 Å². The Hall–Kier alpha value is -0.870. The van der Waals surface area contributed by atoms with Crippen LogP contribution in [0.1, 0.15) is 18.5 Å². The van der Waals surface area contributed by atoms with Crippen LogP contribution in [0.2, 0.25) is 0 Å². The minimum Gasteiger partial charge on any atom is -0.353 e. The van der Waals surface area contributed by atoms with Gasteiger partial charge >= 0.3 is 0 Å². The van der Waals surface area contributed by atoms with Crippen LogP contribution in [0.3, 0.4) is 0 Å². The van der Waals surface area contributed by atoms with Crippen molar-refractivity contribution in [2.75, 3.05) is 6.54 Å². The first-order valence-electron chi connectivity index (χ1n) is 4.96. The maximum absolute atomic E-state index is 11.7. The van der Waals surface area contributed by atoms with E-state index in [9.17, 15) is 4.79 Å². The van der Waals surface area contributed by atoms with Gasteiger partial charge in [0, 0.05) is 17.1 Å². The number of nitrogens with one attached hydrogen (secondary N) is 2. The van der Waals surface area contributed by atoms with Crippen LogP contribution in [0, 0.1) is 0 Å². The molecule has 0 aromatic heterocycles. The minimum absolute atomic E-state index is 0.0417. The second kappa shape index (κ2) is 4.33. The molecule has 4 heteroatoms. The van der Waals surface area contributed by atoms with Crippen molar-refractivity contribution in [1.29, 1.82) is 0 Å². The van der Waals surface area contributed by atoms with E-state index in [1.807, 2.05) is 24.3 Å². The van der Waals surface area contributed by atoms with Gasteiger partial charge in [0.1, 0.15) is 6.04 Å². The van der Waals surface area contributed by atoms with E-state index in [0.717, 1.165) is 10.0 Å². The molecule has 0 radical (unpaired) electrons. The Morgan fingerprint density at radius 3 is 2.87 bits per heavy atom. The van der Waals surface area contributed by atoms with E-state index < -0.39 is 0 Å². The van der Waals surface area contributed by atoms with Crippen molar-refractivity contribution in [3.05, 3.63) is 34.3 Å². The third-order valence-corrected chi connectivity index (χ3v) is 3.23. The molecule has 1 aromatic rings. The summed E-state index contributed by atoms with van der Waals surface area (Å²) in [5.41, 5.74) is 0.988. The summed E-state index contributed by atoms with van der Waals surface area (Å²) in [5, 5.41) is 6.17. The first kappa shape index (κ1) is 10.6. The largest absolute Gasteiger partial charge is 0.353 e. The fraction of sp³-hybridized carbons (Fsp3) is 0.364. The predicted octanol–water partition coefficient (Wildman–Crippen LogP) is 1.60. The van der Waals surface area contributed by atoms with Crippen molar-refractivity contribution in [2.45, 2.75) is 19.0 Å². The van der Waals surface area contributed by atoms with Gasteiger partial charge in [-0.1, -0.05) is 34.1 Å². The predicted molar refractivity (Wildman–Crippen MR) is 62.5 cm³/mol. The van der Waals surface area contributed by atoms with Crippen molar-refractivity contribution < 1.29 is 4.79 Å². The molecule has 2 unspecified atom stereocenters. The molecule has 3 nitrogen and oxygen atoms in total. The maximum atomic E-state index is 11.7. The molecule has 2 rings (SSSR count). The summed E-state index contributed by atoms with van der Waals surface area (Å²) in [6.45, 7) is 2.75. The van der Waals surface area contributed by atoms with Crippen molar-refractivity contribution in [2.24, 2.45) is 0 Å². The average molecular weight is 269 g/mol. The van der Waals surface area contributed by atoms with E-state index >= 15 is 0 Å². The van der Waals surface area contributed by atoms with Crippen molar-refractivity contribution in [3.8, 4) is 0 Å². The minimum atomic E-state index is -0.246. The lowest BCUT2D eigenvalue weighted by Gasteiger charge is -2.29. The monoisotopic (exact) mass is 268 g/mol. The molecule has 15 heavy (non-hydrogen) atoms. The topological polar surface area (TPSA) is 41.1 Å². The van der Waals surface area contributed by atoms with Gasteiger partial charge < -0.3 is 5.32 Å². The molecule has 2 N–H and O–H groups in total. The Bertz CT molecular complexity index is 381. The molecule has 1 saturated heterocycles. The first-order valence-corrected chi connectivity index (χ1v) is 5.76. The number of benzene rings is 1. The third-order valence-electron chi connectivity index (χ3n) is 2.51. The number of carbonyl (C=O) groups excluding carboxylic acids is 1. The van der Waals surface area contributed by atoms with E-state index in [4.69, 9.17) is 0 Å². The molecule has 1 fully saturated rings. The number of hydrogen-bond donors (Lipinski definition) is 2. The van der Waals surface area contributed by atoms with Gasteiger partial charge in [0.25, 0.3) is 0 Å². The highest BCUT2D eigenvalue weighted by molar-refractivity contribution is 9.10. The van der Waals surface area contributed by atoms with Crippen LogP contribution >= 0.6 is 15.9 Å². The maximum Gasteiger partial charge on any atom is 0.241 e. The van der Waals surface area contributed by atoms with Gasteiger partial charge in [-0.05, 0) is 18.6 Å². The van der Waals surface area contributed by atoms with Crippen LogP contribution in [-0.4, -0.2) is 18.5 Å². The highest BCUT2D eigenvalue weighted by atomic mass is 79.9. The number of hydrogen-bond acceptors (Lipinski definition) is 2. The zero-order valence-corrected chi connectivity index (χ0v) is 10.0. The van der Waals surface area contributed by atoms with Crippen molar-refractivity contribution >= 4 is 21.8 Å². The lowest BCUT2D eigenvalue weighted by atomic mass is 10.0. The number of amides is 1. The van der Waals surface area contributed by atoms with Crippen LogP contribution in [0.5, 0.6) is 0 Å². The summed E-state index contributed by atoms with van der Waals surface area (Å²) in [6, 6.07) is 7.85. The molecular formula is C11H13BrN2O. The number of halogens is 1. The SMILES string of the molecule is CC1CNC(=O)C(c2ccccc2Br)N1. The fourth-order valence-corrected chi connectivity index (χ4v) is 2.23. The highest BCUT2D eigenvalue weighted by Gasteiger charge is 2.27. The second-order valence-corrected chi connectivity index (χ2v) is 4.62. The van der Waals surface area contributed by atoms with Gasteiger partial charge in [0.05, 0.1) is 0 Å². The number of rotatable bonds is 1. The normalized spacial score (nSPS) is 26.1. The van der Waals surface area contributed by atoms with Gasteiger partial charge in [-0.2, -0.15) is 0 Å². The van der Waals surface area contributed by atoms with E-state index in [-0.39, 0.29) is 11.9 Å². The van der Waals surface area contributed by atoms with Crippen LogP contribution in [-0.2, 0) is 4.79 Å². The standard InChI is InChI=1S/C11H13BrN2O/c1-7-6-13-11(15)10(14-7)8-4-2-3-5-9(8)12/h2-5,7,10,14H,6H2,1H3,(H,13,15). The van der Waals surface area contributed by atoms with E-state index in [1.165, 1.54) is 0 Å². The van der Waals surface area contributed by atoms with Gasteiger partial charge in [0.15, 0.2) is 0 Å². The zero-order valence-electron chi connectivity index (χ0n) is 8.46. The summed E-state index contributed by atoms with van der Waals surface area (Å²) in [7, 11) is 0. The molecule has 1 aromatic carbocycles. The molecule has 1 aliphatic rings. The number of piperazine rings is 1. The molecule has 0 aliphatic carbocycles. The Morgan fingerprint density at radius 2 is 2.13 bits per heavy atom. The Kier molecular flexibility index (Phi) is 3.07. The summed E-state index contributed by atoms with van der Waals surface area (Å²) in [6.07, 6.45) is 0. The zero-order chi connectivity index (χ0) is 10.8. The summed E-state index contributed by atoms with van der Waals surface area (Å²) in [5.74, 6) is 0.0417. The summed E-state index contributed by atoms with van der Waals surface area (Å²) >= 11 is 3.46. The molecule has 0 bridgehead atoms.